The largest absolute Gasteiger partial charge is 0.357 e. The van der Waals surface area contributed by atoms with Crippen LogP contribution in [0.15, 0.2) is 55.1 Å². The number of anilines is 3. The molecule has 14 heteroatoms. The topological polar surface area (TPSA) is 112 Å². The molecule has 2 saturated heterocycles. The monoisotopic (exact) mass is 721 g/mol. The summed E-state index contributed by atoms with van der Waals surface area (Å²) >= 11 is 2.80. The number of nitrogens with zero attached hydrogens (tertiary/aromatic N) is 9. The highest BCUT2D eigenvalue weighted by atomic mass is 32.1. The van der Waals surface area contributed by atoms with Crippen molar-refractivity contribution in [1.82, 2.24) is 29.8 Å². The fraction of sp³-hybridized carbons (Fsp3) is 0.378. The van der Waals surface area contributed by atoms with Crippen LogP contribution >= 0.6 is 22.7 Å². The van der Waals surface area contributed by atoms with E-state index in [0.29, 0.717) is 35.7 Å². The summed E-state index contributed by atoms with van der Waals surface area (Å²) in [5.74, 6) is 1.98. The van der Waals surface area contributed by atoms with Crippen molar-refractivity contribution in [3.63, 3.8) is 0 Å². The highest BCUT2D eigenvalue weighted by molar-refractivity contribution is 7.17. The minimum Gasteiger partial charge on any atom is -0.357 e. The number of rotatable bonds is 8. The summed E-state index contributed by atoms with van der Waals surface area (Å²) in [6.45, 7) is 4.39. The van der Waals surface area contributed by atoms with Crippen LogP contribution in [-0.4, -0.2) is 94.1 Å². The first kappa shape index (κ1) is 32.1. The molecule has 11 nitrogen and oxygen atoms in total. The van der Waals surface area contributed by atoms with Crippen molar-refractivity contribution < 1.29 is 14.0 Å². The number of aromatic nitrogens is 5. The van der Waals surface area contributed by atoms with E-state index in [1.54, 1.807) is 11.1 Å². The molecule has 51 heavy (non-hydrogen) atoms. The van der Waals surface area contributed by atoms with Crippen molar-refractivity contribution in [2.75, 3.05) is 67.2 Å². The molecule has 260 valence electrons. The Morgan fingerprint density at radius 3 is 2.08 bits per heavy atom. The Kier molecular flexibility index (Phi) is 8.43. The van der Waals surface area contributed by atoms with Gasteiger partial charge in [-0.15, -0.1) is 22.7 Å². The lowest BCUT2D eigenvalue weighted by molar-refractivity contribution is 0.0733. The summed E-state index contributed by atoms with van der Waals surface area (Å²) in [7, 11) is 0. The molecule has 9 heterocycles. The molecular formula is C37H36FN9O2S2. The Bertz CT molecular complexity index is 2100. The van der Waals surface area contributed by atoms with Crippen LogP contribution in [0.5, 0.6) is 0 Å². The zero-order valence-corrected chi connectivity index (χ0v) is 29.6. The average Bonchev–Trinajstić information content (AvgIpc) is 4.00. The first-order chi connectivity index (χ1) is 25.0. The smallest absolute Gasteiger partial charge is 0.270 e. The van der Waals surface area contributed by atoms with Gasteiger partial charge in [-0.05, 0) is 55.2 Å². The van der Waals surface area contributed by atoms with Crippen molar-refractivity contribution in [3.8, 4) is 21.1 Å². The molecule has 0 radical (unpaired) electrons. The number of carbonyl (C=O) groups is 2. The normalized spacial score (nSPS) is 18.9. The molecule has 0 aliphatic carbocycles. The van der Waals surface area contributed by atoms with E-state index in [-0.39, 0.29) is 24.3 Å². The van der Waals surface area contributed by atoms with Crippen molar-refractivity contribution >= 4 is 51.8 Å². The second-order valence-electron chi connectivity index (χ2n) is 13.4. The van der Waals surface area contributed by atoms with Gasteiger partial charge in [-0.3, -0.25) is 14.6 Å². The van der Waals surface area contributed by atoms with E-state index < -0.39 is 6.67 Å². The average molecular weight is 722 g/mol. The number of hydrogen-bond donors (Lipinski definition) is 0. The third-order valence-corrected chi connectivity index (χ3v) is 12.6. The van der Waals surface area contributed by atoms with Gasteiger partial charge in [-0.1, -0.05) is 0 Å². The van der Waals surface area contributed by atoms with Gasteiger partial charge in [0.15, 0.2) is 0 Å². The van der Waals surface area contributed by atoms with Gasteiger partial charge in [0.2, 0.25) is 0 Å². The van der Waals surface area contributed by atoms with E-state index in [4.69, 9.17) is 19.9 Å². The highest BCUT2D eigenvalue weighted by Gasteiger charge is 2.32. The van der Waals surface area contributed by atoms with E-state index >= 15 is 0 Å². The quantitative estimate of drug-likeness (QED) is 0.194. The Balaban J connectivity index is 0.861. The maximum absolute atomic E-state index is 13.8. The Morgan fingerprint density at radius 1 is 0.745 bits per heavy atom. The summed E-state index contributed by atoms with van der Waals surface area (Å²) in [4.78, 5) is 59.5. The molecule has 1 unspecified atom stereocenters. The van der Waals surface area contributed by atoms with Crippen molar-refractivity contribution in [1.29, 1.82) is 0 Å². The van der Waals surface area contributed by atoms with Crippen LogP contribution in [0, 0.1) is 0 Å². The van der Waals surface area contributed by atoms with E-state index in [9.17, 15) is 14.0 Å². The number of hydrogen-bond acceptors (Lipinski definition) is 11. The highest BCUT2D eigenvalue weighted by Crippen LogP contribution is 2.37. The molecule has 0 N–H and O–H groups in total. The SMILES string of the molecule is O=C1c2sc(-c3ccc(N4CCC(c5cncc(N6CCc7nc(-c8ccc(N9CCCC9)nc8)sc7C6=O)c5)C4)nc3)nc2CCN1CCF. The van der Waals surface area contributed by atoms with E-state index in [1.165, 1.54) is 35.5 Å². The van der Waals surface area contributed by atoms with Gasteiger partial charge in [-0.25, -0.2) is 24.3 Å². The molecule has 0 bridgehead atoms. The molecular weight excluding hydrogens is 686 g/mol. The van der Waals surface area contributed by atoms with Crippen LogP contribution in [0.4, 0.5) is 21.7 Å². The predicted octanol–water partition coefficient (Wildman–Crippen LogP) is 5.88. The third kappa shape index (κ3) is 6.03. The number of carbonyl (C=O) groups excluding carboxylic acids is 2. The maximum atomic E-state index is 13.8. The van der Waals surface area contributed by atoms with Gasteiger partial charge < -0.3 is 19.6 Å². The van der Waals surface area contributed by atoms with Crippen molar-refractivity contribution in [3.05, 3.63) is 81.8 Å². The van der Waals surface area contributed by atoms with Crippen molar-refractivity contribution in [2.24, 2.45) is 0 Å². The van der Waals surface area contributed by atoms with Crippen LogP contribution in [-0.2, 0) is 12.8 Å². The number of halogens is 1. The lowest BCUT2D eigenvalue weighted by Gasteiger charge is -2.26. The lowest BCUT2D eigenvalue weighted by Crippen LogP contribution is -2.38. The molecule has 9 rings (SSSR count). The molecule has 1 atom stereocenters. The van der Waals surface area contributed by atoms with Crippen LogP contribution in [0.2, 0.25) is 0 Å². The maximum Gasteiger partial charge on any atom is 0.270 e. The summed E-state index contributed by atoms with van der Waals surface area (Å²) < 4.78 is 12.9. The van der Waals surface area contributed by atoms with E-state index in [1.807, 2.05) is 35.6 Å². The Labute approximate surface area is 302 Å². The number of fused-ring (bicyclic) bond motifs is 2. The fourth-order valence-corrected chi connectivity index (χ4v) is 9.64. The molecule has 4 aliphatic rings. The minimum atomic E-state index is -0.543. The molecule has 0 aromatic carbocycles. The van der Waals surface area contributed by atoms with Gasteiger partial charge in [-0.2, -0.15) is 0 Å². The summed E-state index contributed by atoms with van der Waals surface area (Å²) in [5, 5.41) is 1.59. The van der Waals surface area contributed by atoms with Crippen LogP contribution < -0.4 is 14.7 Å². The second kappa shape index (κ2) is 13.4. The number of thiazole rings is 2. The van der Waals surface area contributed by atoms with E-state index in [0.717, 1.165) is 88.0 Å². The number of pyridine rings is 3. The second-order valence-corrected chi connectivity index (χ2v) is 15.4. The minimum absolute atomic E-state index is 0.0273. The van der Waals surface area contributed by atoms with Gasteiger partial charge in [0.1, 0.15) is 38.1 Å². The summed E-state index contributed by atoms with van der Waals surface area (Å²) in [6, 6.07) is 10.3. The van der Waals surface area contributed by atoms with Crippen LogP contribution in [0.1, 0.15) is 61.5 Å². The molecule has 2 amide bonds. The Hall–Kier alpha value is -4.82. The van der Waals surface area contributed by atoms with Crippen LogP contribution in [0.3, 0.4) is 0 Å². The molecule has 0 spiro atoms. The molecule has 5 aromatic rings. The fourth-order valence-electron chi connectivity index (χ4n) is 7.51. The summed E-state index contributed by atoms with van der Waals surface area (Å²) in [5.41, 5.74) is 5.38. The molecule has 5 aromatic heterocycles. The van der Waals surface area contributed by atoms with Gasteiger partial charge >= 0.3 is 0 Å². The lowest BCUT2D eigenvalue weighted by atomic mass is 9.99. The van der Waals surface area contributed by atoms with E-state index in [2.05, 4.69) is 33.0 Å². The van der Waals surface area contributed by atoms with Crippen molar-refractivity contribution in [2.45, 2.75) is 38.0 Å². The van der Waals surface area contributed by atoms with Gasteiger partial charge in [0.05, 0.1) is 23.3 Å². The third-order valence-electron chi connectivity index (χ3n) is 10.3. The molecule has 2 fully saturated rings. The first-order valence-corrected chi connectivity index (χ1v) is 19.2. The van der Waals surface area contributed by atoms with Gasteiger partial charge in [0, 0.05) is 94.3 Å². The number of amides is 2. The van der Waals surface area contributed by atoms with Crippen LogP contribution in [0.25, 0.3) is 21.1 Å². The zero-order chi connectivity index (χ0) is 34.5. The number of alkyl halides is 1. The van der Waals surface area contributed by atoms with Gasteiger partial charge in [0.25, 0.3) is 11.8 Å². The Morgan fingerprint density at radius 2 is 1.41 bits per heavy atom. The summed E-state index contributed by atoms with van der Waals surface area (Å²) in [6.07, 6.45) is 12.1. The standard InChI is InChI=1S/C37H36FN9O2S2/c38-10-16-45-14-8-28-32(36(45)48)50-34(42-28)24-4-6-31(41-20-24)46-13-7-25(22-46)26-17-27(21-39-18-26)47-15-9-29-33(37(47)49)51-35(43-29)23-3-5-30(40-19-23)44-11-1-2-12-44/h3-6,17-21,25H,1-2,7-16,22H2. The molecule has 0 saturated carbocycles. The molecule has 4 aliphatic heterocycles. The first-order valence-electron chi connectivity index (χ1n) is 17.6. The zero-order valence-electron chi connectivity index (χ0n) is 28.0. The predicted molar refractivity (Wildman–Crippen MR) is 197 cm³/mol.